The minimum atomic E-state index is 0.938. The predicted molar refractivity (Wildman–Crippen MR) is 88.9 cm³/mol. The number of nitrogens with zero attached hydrogens (tertiary/aromatic N) is 1. The molecule has 0 saturated heterocycles. The molecule has 0 heterocycles. The maximum atomic E-state index is 7.50. The van der Waals surface area contributed by atoms with Gasteiger partial charge in [-0.3, -0.25) is 0 Å². The van der Waals surface area contributed by atoms with Crippen molar-refractivity contribution in [1.29, 1.82) is 0 Å². The van der Waals surface area contributed by atoms with Gasteiger partial charge in [-0.05, 0) is 0 Å². The second-order valence-corrected chi connectivity index (χ2v) is 4.63. The molecule has 0 spiro atoms. The first kappa shape index (κ1) is 31.9. The van der Waals surface area contributed by atoms with Gasteiger partial charge in [0.05, 0.1) is 0 Å². The Labute approximate surface area is 166 Å². The second kappa shape index (κ2) is 28.0. The SMILES string of the molecule is C[C](=[Cr])N=C(c1ccccc1)c1ccccc1.[C-]#[O+].[C-]#[O+].[C-]#[O+].[C-]#[O+].[C-]#[O+]. The molecule has 0 aromatic heterocycles. The number of hydrogen-bond acceptors (Lipinski definition) is 1. The molecule has 7 heteroatoms. The third kappa shape index (κ3) is 16.4. The maximum absolute atomic E-state index is 7.50. The molecule has 0 saturated carbocycles. The van der Waals surface area contributed by atoms with Gasteiger partial charge in [0, 0.05) is 0 Å². The Balaban J connectivity index is -0.000000230. The van der Waals surface area contributed by atoms with Crippen LogP contribution < -0.4 is 0 Å². The number of hydrogen-bond donors (Lipinski definition) is 0. The fourth-order valence-corrected chi connectivity index (χ4v) is 1.79. The van der Waals surface area contributed by atoms with Crippen LogP contribution in [0.1, 0.15) is 18.1 Å². The Kier molecular flexibility index (Phi) is 33.2. The van der Waals surface area contributed by atoms with E-state index in [9.17, 15) is 0 Å². The minimum absolute atomic E-state index is 0.938. The summed E-state index contributed by atoms with van der Waals surface area (Å²) in [6.45, 7) is 24.5. The fourth-order valence-electron chi connectivity index (χ4n) is 1.65. The normalized spacial score (nSPS) is 6.48. The van der Waals surface area contributed by atoms with Gasteiger partial charge in [-0.15, -0.1) is 0 Å². The van der Waals surface area contributed by atoms with Crippen LogP contribution >= 0.6 is 0 Å². The van der Waals surface area contributed by atoms with E-state index in [0.29, 0.717) is 0 Å². The average molecular weight is 399 g/mol. The molecule has 0 aliphatic heterocycles. The van der Waals surface area contributed by atoms with Crippen LogP contribution in [0.2, 0.25) is 0 Å². The monoisotopic (exact) mass is 399 g/mol. The molecule has 0 radical (unpaired) electrons. The third-order valence-corrected chi connectivity index (χ3v) is 2.51. The van der Waals surface area contributed by atoms with Crippen LogP contribution in [0.15, 0.2) is 65.7 Å². The first-order valence-corrected chi connectivity index (χ1v) is 7.13. The van der Waals surface area contributed by atoms with Gasteiger partial charge in [-0.1, -0.05) is 0 Å². The van der Waals surface area contributed by atoms with Crippen LogP contribution in [-0.2, 0) is 39.1 Å². The number of benzene rings is 2. The molecule has 2 aromatic carbocycles. The molecular weight excluding hydrogens is 386 g/mol. The van der Waals surface area contributed by atoms with E-state index in [-0.39, 0.29) is 0 Å². The van der Waals surface area contributed by atoms with Crippen LogP contribution in [0.5, 0.6) is 0 Å². The van der Waals surface area contributed by atoms with Crippen LogP contribution in [0.3, 0.4) is 0 Å². The Morgan fingerprint density at radius 2 is 0.889 bits per heavy atom. The molecule has 0 amide bonds. The van der Waals surface area contributed by atoms with Crippen molar-refractivity contribution in [2.24, 2.45) is 4.99 Å². The number of aliphatic imine (C=N–C) groups is 1. The zero-order valence-corrected chi connectivity index (χ0v) is 15.4. The Morgan fingerprint density at radius 3 is 1.11 bits per heavy atom. The van der Waals surface area contributed by atoms with Crippen LogP contribution in [0.25, 0.3) is 0 Å². The number of rotatable bonds is 3. The van der Waals surface area contributed by atoms with Crippen molar-refractivity contribution in [3.8, 4) is 0 Å². The van der Waals surface area contributed by atoms with Crippen molar-refractivity contribution in [3.05, 3.63) is 105 Å². The molecule has 2 rings (SSSR count). The Morgan fingerprint density at radius 1 is 0.630 bits per heavy atom. The summed E-state index contributed by atoms with van der Waals surface area (Å²) in [5, 5.41) is 0. The Hall–Kier alpha value is -2.79. The van der Waals surface area contributed by atoms with Gasteiger partial charge in [0.1, 0.15) is 0 Å². The van der Waals surface area contributed by atoms with E-state index >= 15 is 0 Å². The topological polar surface area (TPSA) is 112 Å². The van der Waals surface area contributed by atoms with Crippen molar-refractivity contribution in [1.82, 2.24) is 0 Å². The third-order valence-electron chi connectivity index (χ3n) is 2.36. The van der Waals surface area contributed by atoms with Crippen LogP contribution in [0.4, 0.5) is 0 Å². The second-order valence-electron chi connectivity index (χ2n) is 3.71. The van der Waals surface area contributed by atoms with Crippen molar-refractivity contribution in [3.63, 3.8) is 0 Å². The first-order chi connectivity index (χ1) is 13.3. The Bertz CT molecular complexity index is 668. The average Bonchev–Trinajstić information content (AvgIpc) is 2.80. The summed E-state index contributed by atoms with van der Waals surface area (Å²) in [5.74, 6) is 0. The fraction of sp³-hybridized carbons (Fsp3) is 0.0500. The van der Waals surface area contributed by atoms with E-state index in [1.165, 1.54) is 0 Å². The molecule has 2 aromatic rings. The van der Waals surface area contributed by atoms with Gasteiger partial charge < -0.3 is 0 Å². The van der Waals surface area contributed by atoms with Gasteiger partial charge in [0.25, 0.3) is 0 Å². The van der Waals surface area contributed by atoms with E-state index < -0.39 is 0 Å². The van der Waals surface area contributed by atoms with Crippen LogP contribution in [-0.4, -0.2) is 10.2 Å². The summed E-state index contributed by atoms with van der Waals surface area (Å²) in [6.07, 6.45) is 0. The standard InChI is InChI=1S/C15H13N.5CO.Cr/c1-2-16-15(13-9-5-3-6-10-13)14-11-7-4-8-12-14;5*1-2;/h3-12H,1H3;;;;;;. The summed E-state index contributed by atoms with van der Waals surface area (Å²) in [5.41, 5.74) is 3.27. The summed E-state index contributed by atoms with van der Waals surface area (Å²) < 4.78 is 38.4. The molecule has 0 aliphatic rings. The molecule has 0 fully saturated rings. The molecule has 6 nitrogen and oxygen atoms in total. The van der Waals surface area contributed by atoms with E-state index in [2.05, 4.69) is 78.4 Å². The summed E-state index contributed by atoms with van der Waals surface area (Å²) in [7, 11) is 0. The summed E-state index contributed by atoms with van der Waals surface area (Å²) in [6, 6.07) is 20.5. The summed E-state index contributed by atoms with van der Waals surface area (Å²) in [4.78, 5) is 4.60. The van der Waals surface area contributed by atoms with Gasteiger partial charge in [-0.25, -0.2) is 0 Å². The first-order valence-electron chi connectivity index (χ1n) is 6.49. The van der Waals surface area contributed by atoms with Gasteiger partial charge >= 0.3 is 166 Å². The van der Waals surface area contributed by atoms with Gasteiger partial charge in [0.15, 0.2) is 0 Å². The van der Waals surface area contributed by atoms with Crippen molar-refractivity contribution < 1.29 is 39.1 Å². The molecule has 0 atom stereocenters. The molecule has 0 N–H and O–H groups in total. The van der Waals surface area contributed by atoms with E-state index in [1.807, 2.05) is 43.3 Å². The molecule has 0 unspecified atom stereocenters. The molecule has 27 heavy (non-hydrogen) atoms. The van der Waals surface area contributed by atoms with Crippen molar-refractivity contribution >= 4 is 10.2 Å². The quantitative estimate of drug-likeness (QED) is 0.429. The molecule has 134 valence electrons. The van der Waals surface area contributed by atoms with E-state index in [1.54, 1.807) is 0 Å². The molecule has 0 aliphatic carbocycles. The van der Waals surface area contributed by atoms with Gasteiger partial charge in [-0.2, -0.15) is 0 Å². The predicted octanol–water partition coefficient (Wildman–Crippen LogP) is 3.03. The van der Waals surface area contributed by atoms with Crippen molar-refractivity contribution in [2.45, 2.75) is 6.92 Å². The van der Waals surface area contributed by atoms with Crippen molar-refractivity contribution in [2.75, 3.05) is 0 Å². The van der Waals surface area contributed by atoms with Gasteiger partial charge in [0.2, 0.25) is 0 Å². The summed E-state index contributed by atoms with van der Waals surface area (Å²) >= 11 is 2.94. The zero-order chi connectivity index (χ0) is 22.1. The zero-order valence-electron chi connectivity index (χ0n) is 14.2. The van der Waals surface area contributed by atoms with E-state index in [4.69, 9.17) is 23.3 Å². The van der Waals surface area contributed by atoms with E-state index in [0.717, 1.165) is 21.3 Å². The molecular formula is C20H13CrNO5. The van der Waals surface area contributed by atoms with Crippen LogP contribution in [0, 0.1) is 33.3 Å². The molecule has 0 bridgehead atoms.